The van der Waals surface area contributed by atoms with Gasteiger partial charge in [0, 0.05) is 12.6 Å². The predicted molar refractivity (Wildman–Crippen MR) is 93.2 cm³/mol. The fourth-order valence-corrected chi connectivity index (χ4v) is 3.46. The van der Waals surface area contributed by atoms with E-state index in [0.717, 1.165) is 22.3 Å². The van der Waals surface area contributed by atoms with Crippen molar-refractivity contribution in [2.75, 3.05) is 7.11 Å². The van der Waals surface area contributed by atoms with Crippen LogP contribution >= 0.6 is 11.8 Å². The molecule has 0 saturated heterocycles. The topological polar surface area (TPSA) is 69.0 Å². The van der Waals surface area contributed by atoms with E-state index in [9.17, 15) is 4.79 Å². The minimum absolute atomic E-state index is 0.00109. The summed E-state index contributed by atoms with van der Waals surface area (Å²) in [4.78, 5) is 12.3. The van der Waals surface area contributed by atoms with Gasteiger partial charge in [-0.2, -0.15) is 0 Å². The monoisotopic (exact) mass is 346 g/mol. The average molecular weight is 346 g/mol. The fraction of sp³-hybridized carbons (Fsp3) is 0.471. The van der Waals surface area contributed by atoms with Gasteiger partial charge < -0.3 is 14.6 Å². The van der Waals surface area contributed by atoms with Gasteiger partial charge in [-0.25, -0.2) is 0 Å². The summed E-state index contributed by atoms with van der Waals surface area (Å²) in [5.74, 6) is 1.73. The van der Waals surface area contributed by atoms with Gasteiger partial charge in [0.1, 0.15) is 11.6 Å². The van der Waals surface area contributed by atoms with Crippen LogP contribution in [-0.4, -0.2) is 33.0 Å². The molecule has 0 radical (unpaired) electrons. The van der Waals surface area contributed by atoms with Crippen molar-refractivity contribution in [3.63, 3.8) is 0 Å². The molecule has 0 spiro atoms. The number of ether oxygens (including phenoxy) is 1. The summed E-state index contributed by atoms with van der Waals surface area (Å²) in [5.41, 5.74) is 1.04. The maximum absolute atomic E-state index is 12.3. The number of thioether (sulfide) groups is 1. The third-order valence-corrected chi connectivity index (χ3v) is 5.08. The van der Waals surface area contributed by atoms with Gasteiger partial charge in [0.05, 0.1) is 12.4 Å². The lowest BCUT2D eigenvalue weighted by Crippen LogP contribution is -2.30. The van der Waals surface area contributed by atoms with Gasteiger partial charge in [-0.15, -0.1) is 10.2 Å². The molecule has 0 unspecified atom stereocenters. The van der Waals surface area contributed by atoms with E-state index in [0.29, 0.717) is 12.6 Å². The SMILES string of the molecule is COc1ccc(CNC(=O)[C@@H](C)Sc2nnc(C)n2C2CC2)cc1. The van der Waals surface area contributed by atoms with Gasteiger partial charge in [0.2, 0.25) is 5.91 Å². The summed E-state index contributed by atoms with van der Waals surface area (Å²) in [6.07, 6.45) is 2.34. The van der Waals surface area contributed by atoms with Crippen molar-refractivity contribution in [3.8, 4) is 5.75 Å². The second kappa shape index (κ2) is 7.25. The Morgan fingerprint density at radius 3 is 2.71 bits per heavy atom. The number of carbonyl (C=O) groups is 1. The highest BCUT2D eigenvalue weighted by atomic mass is 32.2. The minimum Gasteiger partial charge on any atom is -0.497 e. The number of amides is 1. The Morgan fingerprint density at radius 2 is 2.08 bits per heavy atom. The molecule has 0 aliphatic heterocycles. The maximum Gasteiger partial charge on any atom is 0.233 e. The van der Waals surface area contributed by atoms with Crippen LogP contribution in [0.1, 0.15) is 37.2 Å². The quantitative estimate of drug-likeness (QED) is 0.781. The van der Waals surface area contributed by atoms with Crippen LogP contribution in [0.3, 0.4) is 0 Å². The first-order chi connectivity index (χ1) is 11.6. The number of methoxy groups -OCH3 is 1. The first-order valence-corrected chi connectivity index (χ1v) is 8.95. The Morgan fingerprint density at radius 1 is 1.38 bits per heavy atom. The first kappa shape index (κ1) is 16.8. The van der Waals surface area contributed by atoms with Crippen LogP contribution in [0.25, 0.3) is 0 Å². The van der Waals surface area contributed by atoms with Crippen molar-refractivity contribution >= 4 is 17.7 Å². The van der Waals surface area contributed by atoms with Crippen molar-refractivity contribution in [3.05, 3.63) is 35.7 Å². The lowest BCUT2D eigenvalue weighted by atomic mass is 10.2. The van der Waals surface area contributed by atoms with E-state index in [1.165, 1.54) is 24.6 Å². The summed E-state index contributed by atoms with van der Waals surface area (Å²) in [6.45, 7) is 4.36. The number of hydrogen-bond donors (Lipinski definition) is 1. The lowest BCUT2D eigenvalue weighted by molar-refractivity contribution is -0.120. The van der Waals surface area contributed by atoms with Crippen molar-refractivity contribution in [2.24, 2.45) is 0 Å². The molecule has 1 atom stereocenters. The largest absolute Gasteiger partial charge is 0.497 e. The van der Waals surface area contributed by atoms with Gasteiger partial charge in [0.15, 0.2) is 5.16 Å². The van der Waals surface area contributed by atoms with E-state index in [4.69, 9.17) is 4.74 Å². The summed E-state index contributed by atoms with van der Waals surface area (Å²) in [7, 11) is 1.64. The Balaban J connectivity index is 1.54. The second-order valence-corrected chi connectivity index (χ2v) is 7.26. The third-order valence-electron chi connectivity index (χ3n) is 4.02. The molecule has 6 nitrogen and oxygen atoms in total. The minimum atomic E-state index is -0.218. The number of benzene rings is 1. The fourth-order valence-electron chi connectivity index (χ4n) is 2.47. The number of nitrogens with zero attached hydrogens (tertiary/aromatic N) is 3. The van der Waals surface area contributed by atoms with E-state index in [1.807, 2.05) is 38.1 Å². The molecule has 7 heteroatoms. The van der Waals surface area contributed by atoms with Crippen LogP contribution in [0.2, 0.25) is 0 Å². The zero-order valence-corrected chi connectivity index (χ0v) is 15.0. The van der Waals surface area contributed by atoms with Crippen LogP contribution in [-0.2, 0) is 11.3 Å². The molecular weight excluding hydrogens is 324 g/mol. The van der Waals surface area contributed by atoms with Gasteiger partial charge in [-0.3, -0.25) is 4.79 Å². The van der Waals surface area contributed by atoms with Gasteiger partial charge in [-0.05, 0) is 44.4 Å². The van der Waals surface area contributed by atoms with E-state index >= 15 is 0 Å². The number of aryl methyl sites for hydroxylation is 1. The Bertz CT molecular complexity index is 710. The smallest absolute Gasteiger partial charge is 0.233 e. The zero-order valence-electron chi connectivity index (χ0n) is 14.2. The molecule has 1 heterocycles. The molecule has 1 aromatic carbocycles. The van der Waals surface area contributed by atoms with E-state index in [1.54, 1.807) is 7.11 Å². The Labute approximate surface area is 146 Å². The van der Waals surface area contributed by atoms with E-state index in [2.05, 4.69) is 20.1 Å². The molecule has 3 rings (SSSR count). The summed E-state index contributed by atoms with van der Waals surface area (Å²) < 4.78 is 7.28. The highest BCUT2D eigenvalue weighted by Gasteiger charge is 2.29. The summed E-state index contributed by atoms with van der Waals surface area (Å²) >= 11 is 1.47. The molecule has 1 aliphatic carbocycles. The molecule has 1 fully saturated rings. The van der Waals surface area contributed by atoms with Crippen LogP contribution in [0, 0.1) is 6.92 Å². The van der Waals surface area contributed by atoms with Gasteiger partial charge in [0.25, 0.3) is 0 Å². The molecule has 2 aromatic rings. The van der Waals surface area contributed by atoms with E-state index in [-0.39, 0.29) is 11.2 Å². The molecule has 1 saturated carbocycles. The molecular formula is C17H22N4O2S. The molecule has 1 amide bonds. The molecule has 128 valence electrons. The van der Waals surface area contributed by atoms with E-state index < -0.39 is 0 Å². The Kier molecular flexibility index (Phi) is 5.08. The molecule has 1 aliphatic rings. The number of rotatable bonds is 7. The molecule has 1 aromatic heterocycles. The highest BCUT2D eigenvalue weighted by Crippen LogP contribution is 2.39. The molecule has 24 heavy (non-hydrogen) atoms. The highest BCUT2D eigenvalue weighted by molar-refractivity contribution is 8.00. The van der Waals surface area contributed by atoms with Crippen molar-refractivity contribution in [2.45, 2.75) is 49.7 Å². The summed E-state index contributed by atoms with van der Waals surface area (Å²) in [6, 6.07) is 8.19. The molecule has 0 bridgehead atoms. The van der Waals surface area contributed by atoms with Crippen LogP contribution in [0.5, 0.6) is 5.75 Å². The van der Waals surface area contributed by atoms with Crippen LogP contribution in [0.4, 0.5) is 0 Å². The predicted octanol–water partition coefficient (Wildman–Crippen LogP) is 2.73. The number of hydrogen-bond acceptors (Lipinski definition) is 5. The van der Waals surface area contributed by atoms with Crippen molar-refractivity contribution < 1.29 is 9.53 Å². The standard InChI is InChI=1S/C17H22N4O2S/c1-11(24-17-20-19-12(2)21(17)14-6-7-14)16(22)18-10-13-4-8-15(23-3)9-5-13/h4-5,8-9,11,14H,6-7,10H2,1-3H3,(H,18,22)/t11-/m1/s1. The summed E-state index contributed by atoms with van der Waals surface area (Å²) in [5, 5.41) is 12.0. The third kappa shape index (κ3) is 3.90. The number of carbonyl (C=O) groups excluding carboxylic acids is 1. The van der Waals surface area contributed by atoms with Crippen molar-refractivity contribution in [1.82, 2.24) is 20.1 Å². The Hall–Kier alpha value is -2.02. The lowest BCUT2D eigenvalue weighted by Gasteiger charge is -2.13. The van der Waals surface area contributed by atoms with Crippen LogP contribution < -0.4 is 10.1 Å². The first-order valence-electron chi connectivity index (χ1n) is 8.07. The van der Waals surface area contributed by atoms with Crippen LogP contribution in [0.15, 0.2) is 29.4 Å². The van der Waals surface area contributed by atoms with Crippen molar-refractivity contribution in [1.29, 1.82) is 0 Å². The normalized spacial score (nSPS) is 15.1. The molecule has 1 N–H and O–H groups in total. The average Bonchev–Trinajstić information content (AvgIpc) is 3.37. The van der Waals surface area contributed by atoms with Gasteiger partial charge >= 0.3 is 0 Å². The second-order valence-electron chi connectivity index (χ2n) is 5.96. The van der Waals surface area contributed by atoms with Gasteiger partial charge in [-0.1, -0.05) is 23.9 Å². The maximum atomic E-state index is 12.3. The number of aromatic nitrogens is 3. The number of nitrogens with one attached hydrogen (secondary N) is 1. The zero-order chi connectivity index (χ0) is 17.1.